The van der Waals surface area contributed by atoms with Crippen molar-refractivity contribution in [2.24, 2.45) is 5.92 Å². The number of aryl methyl sites for hydroxylation is 2. The number of hydrogen-bond donors (Lipinski definition) is 0. The van der Waals surface area contributed by atoms with Gasteiger partial charge in [-0.1, -0.05) is 77.8 Å². The molecule has 126 valence electrons. The Bertz CT molecular complexity index is 414. The minimum absolute atomic E-state index is 0.880. The first-order valence-electron chi connectivity index (χ1n) is 9.64. The summed E-state index contributed by atoms with van der Waals surface area (Å²) in [4.78, 5) is 0. The summed E-state index contributed by atoms with van der Waals surface area (Å²) >= 11 is 0. The van der Waals surface area contributed by atoms with Crippen LogP contribution in [0.15, 0.2) is 12.1 Å². The zero-order valence-electron chi connectivity index (χ0n) is 15.8. The summed E-state index contributed by atoms with van der Waals surface area (Å²) in [5.41, 5.74) is 6.20. The van der Waals surface area contributed by atoms with Crippen LogP contribution in [0.4, 0.5) is 0 Å². The molecule has 0 nitrogen and oxygen atoms in total. The molecular formula is C22H38. The second kappa shape index (κ2) is 10.9. The minimum atomic E-state index is 0.880. The molecule has 0 unspecified atom stereocenters. The quantitative estimate of drug-likeness (QED) is 0.380. The molecule has 1 aromatic rings. The van der Waals surface area contributed by atoms with Crippen LogP contribution >= 0.6 is 0 Å². The molecule has 0 radical (unpaired) electrons. The molecule has 22 heavy (non-hydrogen) atoms. The van der Waals surface area contributed by atoms with Gasteiger partial charge in [0.1, 0.15) is 0 Å². The molecule has 0 saturated heterocycles. The van der Waals surface area contributed by atoms with Gasteiger partial charge in [0.2, 0.25) is 0 Å². The molecule has 0 heteroatoms. The van der Waals surface area contributed by atoms with Crippen molar-refractivity contribution in [1.82, 2.24) is 0 Å². The smallest absolute Gasteiger partial charge is 0.0273 e. The summed E-state index contributed by atoms with van der Waals surface area (Å²) in [6, 6.07) is 4.63. The van der Waals surface area contributed by atoms with E-state index in [2.05, 4.69) is 46.8 Å². The SMILES string of the molecule is CCc1ccc(C)c(C)c1CCCCCCCCCC(C)C. The lowest BCUT2D eigenvalue weighted by Crippen LogP contribution is -1.99. The molecule has 0 N–H and O–H groups in total. The number of hydrogen-bond acceptors (Lipinski definition) is 0. The van der Waals surface area contributed by atoms with Crippen LogP contribution in [0.2, 0.25) is 0 Å². The van der Waals surface area contributed by atoms with E-state index in [1.54, 1.807) is 11.1 Å². The van der Waals surface area contributed by atoms with Gasteiger partial charge >= 0.3 is 0 Å². The van der Waals surface area contributed by atoms with E-state index in [-0.39, 0.29) is 0 Å². The van der Waals surface area contributed by atoms with Gasteiger partial charge in [0.15, 0.2) is 0 Å². The molecule has 0 heterocycles. The Balaban J connectivity index is 2.19. The van der Waals surface area contributed by atoms with Crippen LogP contribution in [0.3, 0.4) is 0 Å². The fraction of sp³-hybridized carbons (Fsp3) is 0.727. The minimum Gasteiger partial charge on any atom is -0.0628 e. The fourth-order valence-electron chi connectivity index (χ4n) is 3.35. The lowest BCUT2D eigenvalue weighted by Gasteiger charge is -2.14. The predicted octanol–water partition coefficient (Wildman–Crippen LogP) is 7.19. The Morgan fingerprint density at radius 2 is 1.41 bits per heavy atom. The van der Waals surface area contributed by atoms with Crippen LogP contribution in [0.25, 0.3) is 0 Å². The molecule has 0 bridgehead atoms. The number of rotatable bonds is 11. The van der Waals surface area contributed by atoms with Crippen molar-refractivity contribution in [1.29, 1.82) is 0 Å². The molecule has 1 aromatic carbocycles. The van der Waals surface area contributed by atoms with E-state index in [0.717, 1.165) is 5.92 Å². The summed E-state index contributed by atoms with van der Waals surface area (Å²) in [6.07, 6.45) is 13.8. The lowest BCUT2D eigenvalue weighted by molar-refractivity contribution is 0.509. The molecule has 0 spiro atoms. The normalized spacial score (nSPS) is 11.4. The monoisotopic (exact) mass is 302 g/mol. The van der Waals surface area contributed by atoms with Gasteiger partial charge in [-0.3, -0.25) is 0 Å². The molecule has 1 rings (SSSR count). The topological polar surface area (TPSA) is 0 Å². The van der Waals surface area contributed by atoms with E-state index in [9.17, 15) is 0 Å². The van der Waals surface area contributed by atoms with E-state index in [1.807, 2.05) is 0 Å². The molecule has 0 aromatic heterocycles. The first-order valence-corrected chi connectivity index (χ1v) is 9.64. The van der Waals surface area contributed by atoms with Gasteiger partial charge in [-0.2, -0.15) is 0 Å². The Morgan fingerprint density at radius 3 is 2.00 bits per heavy atom. The molecular weight excluding hydrogens is 264 g/mol. The highest BCUT2D eigenvalue weighted by atomic mass is 14.1. The molecule has 0 atom stereocenters. The van der Waals surface area contributed by atoms with Crippen molar-refractivity contribution in [2.45, 2.75) is 98.8 Å². The molecule has 0 aliphatic heterocycles. The average Bonchev–Trinajstić information content (AvgIpc) is 2.49. The highest BCUT2D eigenvalue weighted by Crippen LogP contribution is 2.22. The van der Waals surface area contributed by atoms with Crippen LogP contribution in [-0.2, 0) is 12.8 Å². The fourth-order valence-corrected chi connectivity index (χ4v) is 3.35. The maximum Gasteiger partial charge on any atom is -0.0273 e. The van der Waals surface area contributed by atoms with Crippen LogP contribution in [0, 0.1) is 19.8 Å². The number of benzene rings is 1. The van der Waals surface area contributed by atoms with Crippen LogP contribution in [0.1, 0.15) is 94.4 Å². The van der Waals surface area contributed by atoms with Crippen molar-refractivity contribution < 1.29 is 0 Å². The Kier molecular flexibility index (Phi) is 9.52. The van der Waals surface area contributed by atoms with Crippen molar-refractivity contribution >= 4 is 0 Å². The van der Waals surface area contributed by atoms with Crippen molar-refractivity contribution in [3.63, 3.8) is 0 Å². The van der Waals surface area contributed by atoms with E-state index < -0.39 is 0 Å². The third kappa shape index (κ3) is 6.99. The zero-order valence-corrected chi connectivity index (χ0v) is 15.8. The largest absolute Gasteiger partial charge is 0.0628 e. The average molecular weight is 303 g/mol. The second-order valence-corrected chi connectivity index (χ2v) is 7.41. The zero-order chi connectivity index (χ0) is 16.4. The van der Waals surface area contributed by atoms with Gasteiger partial charge in [-0.25, -0.2) is 0 Å². The maximum absolute atomic E-state index is 2.34. The Morgan fingerprint density at radius 1 is 0.818 bits per heavy atom. The van der Waals surface area contributed by atoms with E-state index in [1.165, 1.54) is 75.3 Å². The van der Waals surface area contributed by atoms with Crippen molar-refractivity contribution in [3.8, 4) is 0 Å². The van der Waals surface area contributed by atoms with Crippen molar-refractivity contribution in [2.75, 3.05) is 0 Å². The summed E-state index contributed by atoms with van der Waals surface area (Å²) in [5.74, 6) is 0.880. The van der Waals surface area contributed by atoms with E-state index >= 15 is 0 Å². The summed E-state index contributed by atoms with van der Waals surface area (Å²) in [7, 11) is 0. The van der Waals surface area contributed by atoms with Crippen LogP contribution < -0.4 is 0 Å². The lowest BCUT2D eigenvalue weighted by atomic mass is 9.92. The summed E-state index contributed by atoms with van der Waals surface area (Å²) < 4.78 is 0. The van der Waals surface area contributed by atoms with Gasteiger partial charge in [0, 0.05) is 0 Å². The molecule has 0 amide bonds. The first-order chi connectivity index (χ1) is 10.6. The highest BCUT2D eigenvalue weighted by Gasteiger charge is 2.06. The summed E-state index contributed by atoms with van der Waals surface area (Å²) in [5, 5.41) is 0. The number of unbranched alkanes of at least 4 members (excludes halogenated alkanes) is 6. The third-order valence-corrected chi connectivity index (χ3v) is 5.06. The first kappa shape index (κ1) is 19.3. The predicted molar refractivity (Wildman–Crippen MR) is 101 cm³/mol. The Labute approximate surface area is 139 Å². The Hall–Kier alpha value is -0.780. The standard InChI is InChI=1S/C22H38/c1-6-21-17-16-19(4)20(5)22(21)15-13-11-9-7-8-10-12-14-18(2)3/h16-18H,6-15H2,1-5H3. The molecule has 0 saturated carbocycles. The van der Waals surface area contributed by atoms with Gasteiger partial charge in [0.05, 0.1) is 0 Å². The molecule has 0 fully saturated rings. The molecule has 0 aliphatic rings. The van der Waals surface area contributed by atoms with E-state index in [0.29, 0.717) is 0 Å². The van der Waals surface area contributed by atoms with Crippen molar-refractivity contribution in [3.05, 3.63) is 34.4 Å². The maximum atomic E-state index is 2.34. The summed E-state index contributed by atoms with van der Waals surface area (Å²) in [6.45, 7) is 11.5. The van der Waals surface area contributed by atoms with Gasteiger partial charge in [0.25, 0.3) is 0 Å². The van der Waals surface area contributed by atoms with E-state index in [4.69, 9.17) is 0 Å². The van der Waals surface area contributed by atoms with Gasteiger partial charge < -0.3 is 0 Å². The molecule has 0 aliphatic carbocycles. The van der Waals surface area contributed by atoms with Gasteiger partial charge in [-0.15, -0.1) is 0 Å². The van der Waals surface area contributed by atoms with Gasteiger partial charge in [-0.05, 0) is 61.3 Å². The highest BCUT2D eigenvalue weighted by molar-refractivity contribution is 5.39. The van der Waals surface area contributed by atoms with Crippen LogP contribution in [-0.4, -0.2) is 0 Å². The third-order valence-electron chi connectivity index (χ3n) is 5.06. The van der Waals surface area contributed by atoms with Crippen LogP contribution in [0.5, 0.6) is 0 Å². The second-order valence-electron chi connectivity index (χ2n) is 7.41.